The molecule has 1 amide bonds. The number of carbonyl (C=O) groups excluding carboxylic acids is 1. The molecule has 1 aromatic rings. The molecule has 1 aliphatic heterocycles. The number of nitriles is 1. The van der Waals surface area contributed by atoms with Crippen LogP contribution in [-0.4, -0.2) is 34.5 Å². The number of nitrogens with zero attached hydrogens (tertiary/aromatic N) is 2. The lowest BCUT2D eigenvalue weighted by Crippen LogP contribution is -2.51. The molecule has 2 unspecified atom stereocenters. The summed E-state index contributed by atoms with van der Waals surface area (Å²) in [6.45, 7) is 2.29. The minimum atomic E-state index is -0.970. The summed E-state index contributed by atoms with van der Waals surface area (Å²) in [5.74, 6) is -1.35. The Bertz CT molecular complexity index is 577. The molecule has 1 aliphatic rings. The van der Waals surface area contributed by atoms with Crippen LogP contribution in [0.4, 0.5) is 0 Å². The van der Waals surface area contributed by atoms with Gasteiger partial charge < -0.3 is 10.0 Å². The number of hydrogen-bond acceptors (Lipinski definition) is 3. The Hall–Kier alpha value is -2.35. The molecule has 1 N–H and O–H groups in total. The van der Waals surface area contributed by atoms with Crippen LogP contribution in [0.25, 0.3) is 0 Å². The highest BCUT2D eigenvalue weighted by atomic mass is 16.4. The number of hydrogen-bond donors (Lipinski definition) is 1. The van der Waals surface area contributed by atoms with Gasteiger partial charge in [0.05, 0.1) is 11.6 Å². The number of carbonyl (C=O) groups is 2. The average molecular weight is 272 g/mol. The highest BCUT2D eigenvalue weighted by Crippen LogP contribution is 2.25. The standard InChI is InChI=1S/C15H16N2O3/c1-10-4-3-7-17(13(10)15(19)20)14(18)12-6-2-5-11(8-12)9-16/h2,5-6,8,10,13H,3-4,7H2,1H3,(H,19,20). The summed E-state index contributed by atoms with van der Waals surface area (Å²) in [6, 6.07) is 7.55. The SMILES string of the molecule is CC1CCCN(C(=O)c2cccc(C#N)c2)C1C(=O)O. The summed E-state index contributed by atoms with van der Waals surface area (Å²) >= 11 is 0. The van der Waals surface area contributed by atoms with Gasteiger partial charge in [0.15, 0.2) is 0 Å². The Balaban J connectivity index is 2.30. The van der Waals surface area contributed by atoms with Gasteiger partial charge in [-0.25, -0.2) is 4.79 Å². The summed E-state index contributed by atoms with van der Waals surface area (Å²) in [6.07, 6.45) is 1.60. The van der Waals surface area contributed by atoms with Gasteiger partial charge in [0.2, 0.25) is 0 Å². The van der Waals surface area contributed by atoms with E-state index in [1.165, 1.54) is 11.0 Å². The van der Waals surface area contributed by atoms with Crippen LogP contribution in [0.2, 0.25) is 0 Å². The molecule has 104 valence electrons. The Morgan fingerprint density at radius 3 is 2.85 bits per heavy atom. The van der Waals surface area contributed by atoms with Crippen molar-refractivity contribution < 1.29 is 14.7 Å². The largest absolute Gasteiger partial charge is 0.480 e. The van der Waals surface area contributed by atoms with Crippen LogP contribution in [0, 0.1) is 17.2 Å². The Labute approximate surface area is 117 Å². The molecule has 0 aliphatic carbocycles. The molecule has 2 rings (SSSR count). The van der Waals surface area contributed by atoms with Gasteiger partial charge in [0, 0.05) is 12.1 Å². The first-order valence-corrected chi connectivity index (χ1v) is 6.58. The van der Waals surface area contributed by atoms with E-state index in [1.807, 2.05) is 13.0 Å². The fourth-order valence-corrected chi connectivity index (χ4v) is 2.68. The summed E-state index contributed by atoms with van der Waals surface area (Å²) in [5.41, 5.74) is 0.761. The molecule has 1 saturated heterocycles. The molecule has 2 atom stereocenters. The van der Waals surface area contributed by atoms with E-state index in [0.717, 1.165) is 12.8 Å². The maximum Gasteiger partial charge on any atom is 0.326 e. The number of rotatable bonds is 2. The minimum absolute atomic E-state index is 0.0654. The van der Waals surface area contributed by atoms with Crippen molar-refractivity contribution >= 4 is 11.9 Å². The van der Waals surface area contributed by atoms with Gasteiger partial charge in [-0.2, -0.15) is 5.26 Å². The maximum absolute atomic E-state index is 12.5. The zero-order valence-electron chi connectivity index (χ0n) is 11.2. The van der Waals surface area contributed by atoms with Crippen LogP contribution in [0.15, 0.2) is 24.3 Å². The van der Waals surface area contributed by atoms with Gasteiger partial charge in [0.25, 0.3) is 5.91 Å². The smallest absolute Gasteiger partial charge is 0.326 e. The van der Waals surface area contributed by atoms with Gasteiger partial charge in [-0.05, 0) is 37.0 Å². The Morgan fingerprint density at radius 2 is 2.20 bits per heavy atom. The predicted molar refractivity (Wildman–Crippen MR) is 72.0 cm³/mol. The second kappa shape index (κ2) is 5.74. The zero-order valence-corrected chi connectivity index (χ0v) is 11.2. The van der Waals surface area contributed by atoms with E-state index < -0.39 is 12.0 Å². The highest BCUT2D eigenvalue weighted by molar-refractivity contribution is 5.97. The molecule has 1 heterocycles. The van der Waals surface area contributed by atoms with Crippen LogP contribution >= 0.6 is 0 Å². The van der Waals surface area contributed by atoms with Crippen molar-refractivity contribution in [3.8, 4) is 6.07 Å². The van der Waals surface area contributed by atoms with Gasteiger partial charge in [0.1, 0.15) is 6.04 Å². The molecule has 1 aromatic carbocycles. The second-order valence-electron chi connectivity index (χ2n) is 5.09. The number of carboxylic acid groups (broad SMARTS) is 1. The normalized spacial score (nSPS) is 22.1. The monoisotopic (exact) mass is 272 g/mol. The van der Waals surface area contributed by atoms with E-state index >= 15 is 0 Å². The molecule has 0 spiro atoms. The van der Waals surface area contributed by atoms with Crippen LogP contribution < -0.4 is 0 Å². The van der Waals surface area contributed by atoms with Crippen LogP contribution in [0.5, 0.6) is 0 Å². The van der Waals surface area contributed by atoms with E-state index in [1.54, 1.807) is 18.2 Å². The van der Waals surface area contributed by atoms with Gasteiger partial charge >= 0.3 is 5.97 Å². The average Bonchev–Trinajstić information content (AvgIpc) is 2.45. The van der Waals surface area contributed by atoms with Crippen molar-refractivity contribution in [3.63, 3.8) is 0 Å². The Kier molecular flexibility index (Phi) is 4.04. The zero-order chi connectivity index (χ0) is 14.7. The number of carboxylic acids is 1. The number of piperidine rings is 1. The quantitative estimate of drug-likeness (QED) is 0.891. The first kappa shape index (κ1) is 14.1. The van der Waals surface area contributed by atoms with Crippen molar-refractivity contribution in [3.05, 3.63) is 35.4 Å². The summed E-state index contributed by atoms with van der Waals surface area (Å²) in [5, 5.41) is 18.2. The van der Waals surface area contributed by atoms with Crippen LogP contribution in [0.3, 0.4) is 0 Å². The van der Waals surface area contributed by atoms with Crippen LogP contribution in [-0.2, 0) is 4.79 Å². The summed E-state index contributed by atoms with van der Waals surface area (Å²) in [7, 11) is 0. The summed E-state index contributed by atoms with van der Waals surface area (Å²) in [4.78, 5) is 25.3. The van der Waals surface area contributed by atoms with Crippen molar-refractivity contribution in [2.24, 2.45) is 5.92 Å². The molecule has 5 nitrogen and oxygen atoms in total. The fraction of sp³-hybridized carbons (Fsp3) is 0.400. The second-order valence-corrected chi connectivity index (χ2v) is 5.09. The molecule has 20 heavy (non-hydrogen) atoms. The molecule has 0 saturated carbocycles. The predicted octanol–water partition coefficient (Wildman–Crippen LogP) is 1.88. The first-order chi connectivity index (χ1) is 9.54. The van der Waals surface area contributed by atoms with Crippen molar-refractivity contribution in [1.82, 2.24) is 4.90 Å². The molecular weight excluding hydrogens is 256 g/mol. The lowest BCUT2D eigenvalue weighted by Gasteiger charge is -2.37. The van der Waals surface area contributed by atoms with E-state index in [4.69, 9.17) is 5.26 Å². The van der Waals surface area contributed by atoms with Crippen molar-refractivity contribution in [2.45, 2.75) is 25.8 Å². The Morgan fingerprint density at radius 1 is 1.45 bits per heavy atom. The maximum atomic E-state index is 12.5. The molecule has 0 bridgehead atoms. The lowest BCUT2D eigenvalue weighted by atomic mass is 9.90. The van der Waals surface area contributed by atoms with E-state index in [9.17, 15) is 14.7 Å². The number of aliphatic carboxylic acids is 1. The van der Waals surface area contributed by atoms with E-state index in [-0.39, 0.29) is 11.8 Å². The first-order valence-electron chi connectivity index (χ1n) is 6.58. The van der Waals surface area contributed by atoms with Crippen LogP contribution in [0.1, 0.15) is 35.7 Å². The third kappa shape index (κ3) is 2.64. The molecular formula is C15H16N2O3. The summed E-state index contributed by atoms with van der Waals surface area (Å²) < 4.78 is 0. The van der Waals surface area contributed by atoms with E-state index in [0.29, 0.717) is 17.7 Å². The van der Waals surface area contributed by atoms with Gasteiger partial charge in [-0.1, -0.05) is 13.0 Å². The van der Waals surface area contributed by atoms with Gasteiger partial charge in [-0.3, -0.25) is 4.79 Å². The van der Waals surface area contributed by atoms with Crippen molar-refractivity contribution in [2.75, 3.05) is 6.54 Å². The highest BCUT2D eigenvalue weighted by Gasteiger charge is 2.37. The third-order valence-electron chi connectivity index (χ3n) is 3.69. The van der Waals surface area contributed by atoms with E-state index in [2.05, 4.69) is 0 Å². The minimum Gasteiger partial charge on any atom is -0.480 e. The molecule has 5 heteroatoms. The number of likely N-dealkylation sites (tertiary alicyclic amines) is 1. The fourth-order valence-electron chi connectivity index (χ4n) is 2.68. The third-order valence-corrected chi connectivity index (χ3v) is 3.69. The molecule has 0 radical (unpaired) electrons. The molecule has 0 aromatic heterocycles. The van der Waals surface area contributed by atoms with Crippen molar-refractivity contribution in [1.29, 1.82) is 5.26 Å². The molecule has 1 fully saturated rings. The number of amides is 1. The topological polar surface area (TPSA) is 81.4 Å². The lowest BCUT2D eigenvalue weighted by molar-refractivity contribution is -0.145. The van der Waals surface area contributed by atoms with Gasteiger partial charge in [-0.15, -0.1) is 0 Å². The number of benzene rings is 1.